The number of anilines is 2. The van der Waals surface area contributed by atoms with Crippen molar-refractivity contribution in [3.8, 4) is 5.75 Å². The van der Waals surface area contributed by atoms with Crippen molar-refractivity contribution >= 4 is 34.8 Å². The van der Waals surface area contributed by atoms with Crippen LogP contribution in [0.1, 0.15) is 29.0 Å². The van der Waals surface area contributed by atoms with Crippen molar-refractivity contribution in [2.75, 3.05) is 16.8 Å². The molecule has 3 aromatic rings. The number of nitrogens with zero attached hydrogens (tertiary/aromatic N) is 1. The molecule has 29 heavy (non-hydrogen) atoms. The molecule has 0 atom stereocenters. The third-order valence-electron chi connectivity index (χ3n) is 4.66. The van der Waals surface area contributed by atoms with Crippen LogP contribution in [0.4, 0.5) is 11.4 Å². The Morgan fingerprint density at radius 1 is 1.17 bits per heavy atom. The first-order valence-electron chi connectivity index (χ1n) is 9.27. The summed E-state index contributed by atoms with van der Waals surface area (Å²) < 4.78 is 11.1. The van der Waals surface area contributed by atoms with Crippen molar-refractivity contribution in [2.45, 2.75) is 19.4 Å². The Kier molecular flexibility index (Phi) is 5.53. The van der Waals surface area contributed by atoms with Gasteiger partial charge in [-0.1, -0.05) is 29.8 Å². The standard InChI is InChI=1S/C22H19ClN2O4/c23-18-13-16(8-9-19(18)25-11-4-7-20(25)26)24-22(27)21-15(10-12-28-21)14-29-17-5-2-1-3-6-17/h1-3,5-6,8-10,12-13H,4,7,11,14H2,(H,24,27). The van der Waals surface area contributed by atoms with Gasteiger partial charge in [0.1, 0.15) is 12.4 Å². The monoisotopic (exact) mass is 410 g/mol. The fourth-order valence-electron chi connectivity index (χ4n) is 3.22. The molecule has 0 unspecified atom stereocenters. The van der Waals surface area contributed by atoms with Gasteiger partial charge in [-0.2, -0.15) is 0 Å². The number of ether oxygens (including phenoxy) is 1. The zero-order chi connectivity index (χ0) is 20.2. The van der Waals surface area contributed by atoms with Crippen molar-refractivity contribution in [1.29, 1.82) is 0 Å². The molecule has 1 aromatic heterocycles. The second-order valence-corrected chi connectivity index (χ2v) is 7.05. The number of para-hydroxylation sites is 1. The molecular weight excluding hydrogens is 392 g/mol. The number of halogens is 1. The Morgan fingerprint density at radius 3 is 2.72 bits per heavy atom. The van der Waals surface area contributed by atoms with Crippen molar-refractivity contribution in [1.82, 2.24) is 0 Å². The molecule has 148 valence electrons. The molecule has 7 heteroatoms. The third-order valence-corrected chi connectivity index (χ3v) is 4.96. The summed E-state index contributed by atoms with van der Waals surface area (Å²) in [5, 5.41) is 3.18. The lowest BCUT2D eigenvalue weighted by molar-refractivity contribution is -0.117. The molecular formula is C22H19ClN2O4. The van der Waals surface area contributed by atoms with Crippen LogP contribution in [-0.2, 0) is 11.4 Å². The van der Waals surface area contributed by atoms with E-state index in [4.69, 9.17) is 20.8 Å². The smallest absolute Gasteiger partial charge is 0.291 e. The highest BCUT2D eigenvalue weighted by atomic mass is 35.5. The maximum absolute atomic E-state index is 12.6. The van der Waals surface area contributed by atoms with Crippen molar-refractivity contribution < 1.29 is 18.7 Å². The lowest BCUT2D eigenvalue weighted by Crippen LogP contribution is -2.24. The van der Waals surface area contributed by atoms with E-state index in [1.54, 1.807) is 29.2 Å². The van der Waals surface area contributed by atoms with Gasteiger partial charge in [0.05, 0.1) is 17.0 Å². The van der Waals surface area contributed by atoms with Crippen LogP contribution in [0, 0.1) is 0 Å². The van der Waals surface area contributed by atoms with E-state index in [9.17, 15) is 9.59 Å². The van der Waals surface area contributed by atoms with E-state index in [-0.39, 0.29) is 18.3 Å². The zero-order valence-electron chi connectivity index (χ0n) is 15.6. The summed E-state index contributed by atoms with van der Waals surface area (Å²) in [5.74, 6) is 0.541. The van der Waals surface area contributed by atoms with Crippen LogP contribution in [0.25, 0.3) is 0 Å². The number of hydrogen-bond donors (Lipinski definition) is 1. The molecule has 2 amide bonds. The van der Waals surface area contributed by atoms with Gasteiger partial charge in [-0.05, 0) is 42.8 Å². The summed E-state index contributed by atoms with van der Waals surface area (Å²) in [6.45, 7) is 0.863. The van der Waals surface area contributed by atoms with E-state index in [2.05, 4.69) is 5.32 Å². The molecule has 0 saturated carbocycles. The minimum atomic E-state index is -0.400. The summed E-state index contributed by atoms with van der Waals surface area (Å²) in [7, 11) is 0. The van der Waals surface area contributed by atoms with Gasteiger partial charge >= 0.3 is 0 Å². The summed E-state index contributed by atoms with van der Waals surface area (Å²) in [6.07, 6.45) is 2.80. The number of nitrogens with one attached hydrogen (secondary N) is 1. The number of carbonyl (C=O) groups is 2. The van der Waals surface area contributed by atoms with E-state index in [1.807, 2.05) is 30.3 Å². The Hall–Kier alpha value is -3.25. The zero-order valence-corrected chi connectivity index (χ0v) is 16.3. The van der Waals surface area contributed by atoms with E-state index >= 15 is 0 Å². The van der Waals surface area contributed by atoms with Gasteiger partial charge in [-0.3, -0.25) is 9.59 Å². The molecule has 1 N–H and O–H groups in total. The number of benzene rings is 2. The maximum atomic E-state index is 12.6. The van der Waals surface area contributed by atoms with Crippen molar-refractivity contribution in [3.05, 3.63) is 77.2 Å². The third kappa shape index (κ3) is 4.27. The fourth-order valence-corrected chi connectivity index (χ4v) is 3.50. The van der Waals surface area contributed by atoms with Crippen LogP contribution in [0.15, 0.2) is 65.3 Å². The Balaban J connectivity index is 1.44. The topological polar surface area (TPSA) is 71.8 Å². The van der Waals surface area contributed by atoms with E-state index in [0.29, 0.717) is 40.7 Å². The normalized spacial score (nSPS) is 13.6. The molecule has 0 spiro atoms. The second-order valence-electron chi connectivity index (χ2n) is 6.65. The first-order valence-corrected chi connectivity index (χ1v) is 9.65. The van der Waals surface area contributed by atoms with Crippen LogP contribution in [0.5, 0.6) is 5.75 Å². The molecule has 1 aliphatic heterocycles. The number of rotatable bonds is 6. The summed E-state index contributed by atoms with van der Waals surface area (Å²) in [4.78, 5) is 26.2. The van der Waals surface area contributed by atoms with Crippen molar-refractivity contribution in [2.24, 2.45) is 0 Å². The molecule has 1 aliphatic rings. The number of carbonyl (C=O) groups excluding carboxylic acids is 2. The van der Waals surface area contributed by atoms with Crippen molar-refractivity contribution in [3.63, 3.8) is 0 Å². The summed E-state index contributed by atoms with van der Waals surface area (Å²) in [5.41, 5.74) is 1.81. The minimum absolute atomic E-state index is 0.0577. The van der Waals surface area contributed by atoms with E-state index in [0.717, 1.165) is 6.42 Å². The van der Waals surface area contributed by atoms with Gasteiger partial charge in [0.15, 0.2) is 5.76 Å². The highest BCUT2D eigenvalue weighted by molar-refractivity contribution is 6.34. The molecule has 6 nitrogen and oxygen atoms in total. The first-order chi connectivity index (χ1) is 14.1. The van der Waals surface area contributed by atoms with E-state index in [1.165, 1.54) is 6.26 Å². The average Bonchev–Trinajstić information content (AvgIpc) is 3.36. The van der Waals surface area contributed by atoms with Crippen LogP contribution < -0.4 is 15.0 Å². The van der Waals surface area contributed by atoms with Crippen LogP contribution in [-0.4, -0.2) is 18.4 Å². The van der Waals surface area contributed by atoms with E-state index < -0.39 is 5.91 Å². The molecule has 0 radical (unpaired) electrons. The molecule has 0 bridgehead atoms. The molecule has 1 fully saturated rings. The Bertz CT molecular complexity index is 1030. The van der Waals surface area contributed by atoms with Crippen LogP contribution in [0.2, 0.25) is 5.02 Å². The van der Waals surface area contributed by atoms with Crippen LogP contribution >= 0.6 is 11.6 Å². The molecule has 0 aliphatic carbocycles. The average molecular weight is 411 g/mol. The molecule has 4 rings (SSSR count). The van der Waals surface area contributed by atoms with Crippen LogP contribution in [0.3, 0.4) is 0 Å². The van der Waals surface area contributed by atoms with Gasteiger partial charge in [0.25, 0.3) is 5.91 Å². The Labute approximate surface area is 173 Å². The number of hydrogen-bond acceptors (Lipinski definition) is 4. The SMILES string of the molecule is O=C(Nc1ccc(N2CCCC2=O)c(Cl)c1)c1occc1COc1ccccc1. The molecule has 2 aromatic carbocycles. The Morgan fingerprint density at radius 2 is 2.00 bits per heavy atom. The minimum Gasteiger partial charge on any atom is -0.489 e. The van der Waals surface area contributed by atoms with Gasteiger partial charge in [0.2, 0.25) is 5.91 Å². The fraction of sp³-hybridized carbons (Fsp3) is 0.182. The quantitative estimate of drug-likeness (QED) is 0.628. The maximum Gasteiger partial charge on any atom is 0.291 e. The summed E-state index contributed by atoms with van der Waals surface area (Å²) in [6, 6.07) is 16.1. The summed E-state index contributed by atoms with van der Waals surface area (Å²) >= 11 is 6.34. The van der Waals surface area contributed by atoms with Gasteiger partial charge < -0.3 is 19.4 Å². The largest absolute Gasteiger partial charge is 0.489 e. The first kappa shape index (κ1) is 19.1. The molecule has 2 heterocycles. The number of amides is 2. The van der Waals surface area contributed by atoms with Gasteiger partial charge in [-0.15, -0.1) is 0 Å². The lowest BCUT2D eigenvalue weighted by atomic mass is 10.2. The second kappa shape index (κ2) is 8.41. The lowest BCUT2D eigenvalue weighted by Gasteiger charge is -2.18. The predicted molar refractivity (Wildman–Crippen MR) is 110 cm³/mol. The molecule has 1 saturated heterocycles. The van der Waals surface area contributed by atoms with Gasteiger partial charge in [0, 0.05) is 24.2 Å². The van der Waals surface area contributed by atoms with Gasteiger partial charge in [-0.25, -0.2) is 0 Å². The predicted octanol–water partition coefficient (Wildman–Crippen LogP) is 4.89. The highest BCUT2D eigenvalue weighted by Crippen LogP contribution is 2.32. The number of furan rings is 1. The highest BCUT2D eigenvalue weighted by Gasteiger charge is 2.24.